The lowest BCUT2D eigenvalue weighted by Crippen LogP contribution is -2.44. The van der Waals surface area contributed by atoms with Gasteiger partial charge in [0, 0.05) is 44.1 Å². The third-order valence-corrected chi connectivity index (χ3v) is 4.54. The first-order valence-electron chi connectivity index (χ1n) is 10.4. The molecule has 0 amide bonds. The SMILES string of the molecule is CCOC(=O)C(=CNc1ccc(N2CCN(C)CC2)c(OC(C)C)c1)C(=O)OCC. The summed E-state index contributed by atoms with van der Waals surface area (Å²) in [5.74, 6) is -0.700. The molecule has 8 nitrogen and oxygen atoms in total. The van der Waals surface area contributed by atoms with Crippen molar-refractivity contribution in [3.8, 4) is 5.75 Å². The molecule has 0 bridgehead atoms. The van der Waals surface area contributed by atoms with Gasteiger partial charge in [0.15, 0.2) is 5.57 Å². The van der Waals surface area contributed by atoms with Gasteiger partial charge in [0.2, 0.25) is 0 Å². The predicted octanol–water partition coefficient (Wildman–Crippen LogP) is 2.65. The highest BCUT2D eigenvalue weighted by atomic mass is 16.6. The summed E-state index contributed by atoms with van der Waals surface area (Å²) in [6.45, 7) is 11.5. The van der Waals surface area contributed by atoms with Crippen molar-refractivity contribution in [2.75, 3.05) is 56.7 Å². The summed E-state index contributed by atoms with van der Waals surface area (Å²) in [7, 11) is 2.12. The van der Waals surface area contributed by atoms with Crippen LogP contribution in [0, 0.1) is 0 Å². The third kappa shape index (κ3) is 6.66. The van der Waals surface area contributed by atoms with Crippen LogP contribution in [-0.4, -0.2) is 69.4 Å². The summed E-state index contributed by atoms with van der Waals surface area (Å²) >= 11 is 0. The van der Waals surface area contributed by atoms with Gasteiger partial charge >= 0.3 is 11.9 Å². The Balaban J connectivity index is 2.26. The number of ether oxygens (including phenoxy) is 3. The van der Waals surface area contributed by atoms with Crippen LogP contribution in [0.4, 0.5) is 11.4 Å². The Labute approximate surface area is 178 Å². The average molecular weight is 420 g/mol. The van der Waals surface area contributed by atoms with Gasteiger partial charge in [0.1, 0.15) is 5.75 Å². The molecule has 166 valence electrons. The Bertz CT molecular complexity index is 735. The molecule has 30 heavy (non-hydrogen) atoms. The van der Waals surface area contributed by atoms with Crippen LogP contribution >= 0.6 is 0 Å². The number of likely N-dealkylation sites (N-methyl/N-ethyl adjacent to an activating group) is 1. The fourth-order valence-corrected chi connectivity index (χ4v) is 3.04. The zero-order valence-electron chi connectivity index (χ0n) is 18.6. The normalized spacial score (nSPS) is 14.3. The highest BCUT2D eigenvalue weighted by molar-refractivity contribution is 6.14. The number of hydrogen-bond donors (Lipinski definition) is 1. The topological polar surface area (TPSA) is 80.3 Å². The molecule has 1 aromatic rings. The van der Waals surface area contributed by atoms with Gasteiger partial charge in [-0.3, -0.25) is 0 Å². The molecule has 0 atom stereocenters. The Morgan fingerprint density at radius 3 is 2.20 bits per heavy atom. The molecule has 1 aliphatic rings. The number of piperazine rings is 1. The first-order chi connectivity index (χ1) is 14.3. The molecule has 1 fully saturated rings. The molecule has 0 radical (unpaired) electrons. The van der Waals surface area contributed by atoms with Crippen LogP contribution < -0.4 is 15.0 Å². The Kier molecular flexibility index (Phi) is 8.98. The molecular formula is C22H33N3O5. The van der Waals surface area contributed by atoms with E-state index in [9.17, 15) is 9.59 Å². The number of hydrogen-bond acceptors (Lipinski definition) is 8. The second-order valence-corrected chi connectivity index (χ2v) is 7.28. The van der Waals surface area contributed by atoms with Gasteiger partial charge in [-0.15, -0.1) is 0 Å². The molecule has 0 spiro atoms. The van der Waals surface area contributed by atoms with E-state index in [1.165, 1.54) is 6.20 Å². The minimum absolute atomic E-state index is 0.0108. The molecule has 0 saturated carbocycles. The molecule has 2 rings (SSSR count). The maximum Gasteiger partial charge on any atom is 0.347 e. The van der Waals surface area contributed by atoms with Gasteiger partial charge in [0.25, 0.3) is 0 Å². The predicted molar refractivity (Wildman–Crippen MR) is 117 cm³/mol. The minimum Gasteiger partial charge on any atom is -0.489 e. The smallest absolute Gasteiger partial charge is 0.347 e. The highest BCUT2D eigenvalue weighted by Crippen LogP contribution is 2.33. The molecule has 1 heterocycles. The molecule has 0 unspecified atom stereocenters. The highest BCUT2D eigenvalue weighted by Gasteiger charge is 2.22. The quantitative estimate of drug-likeness (QED) is 0.283. The van der Waals surface area contributed by atoms with Gasteiger partial charge in [-0.25, -0.2) is 9.59 Å². The number of anilines is 2. The van der Waals surface area contributed by atoms with E-state index < -0.39 is 11.9 Å². The fourth-order valence-electron chi connectivity index (χ4n) is 3.04. The third-order valence-electron chi connectivity index (χ3n) is 4.54. The summed E-state index contributed by atoms with van der Waals surface area (Å²) in [6, 6.07) is 5.76. The van der Waals surface area contributed by atoms with Gasteiger partial charge < -0.3 is 29.3 Å². The van der Waals surface area contributed by atoms with Crippen molar-refractivity contribution in [1.29, 1.82) is 0 Å². The largest absolute Gasteiger partial charge is 0.489 e. The van der Waals surface area contributed by atoms with E-state index in [2.05, 4.69) is 22.2 Å². The molecule has 0 aliphatic carbocycles. The lowest BCUT2D eigenvalue weighted by molar-refractivity contribution is -0.146. The zero-order valence-corrected chi connectivity index (χ0v) is 18.6. The molecule has 1 N–H and O–H groups in total. The number of carbonyl (C=O) groups excluding carboxylic acids is 2. The average Bonchev–Trinajstić information content (AvgIpc) is 2.69. The number of rotatable bonds is 9. The maximum absolute atomic E-state index is 12.1. The fraction of sp³-hybridized carbons (Fsp3) is 0.545. The lowest BCUT2D eigenvalue weighted by atomic mass is 10.2. The number of nitrogens with one attached hydrogen (secondary N) is 1. The van der Waals surface area contributed by atoms with Gasteiger partial charge in [-0.1, -0.05) is 0 Å². The van der Waals surface area contributed by atoms with Crippen molar-refractivity contribution in [1.82, 2.24) is 4.90 Å². The van der Waals surface area contributed by atoms with E-state index in [0.717, 1.165) is 37.6 Å². The summed E-state index contributed by atoms with van der Waals surface area (Å²) in [4.78, 5) is 28.8. The number of nitrogens with zero attached hydrogens (tertiary/aromatic N) is 2. The van der Waals surface area contributed by atoms with Crippen LogP contribution in [0.15, 0.2) is 30.0 Å². The standard InChI is InChI=1S/C22H33N3O5/c1-6-28-21(26)18(22(27)29-7-2)15-23-17-8-9-19(20(14-17)30-16(3)4)25-12-10-24(5)11-13-25/h8-9,14-16,23H,6-7,10-13H2,1-5H3. The number of esters is 2. The molecule has 0 aromatic heterocycles. The lowest BCUT2D eigenvalue weighted by Gasteiger charge is -2.35. The van der Waals surface area contributed by atoms with Crippen LogP contribution in [0.25, 0.3) is 0 Å². The molecular weight excluding hydrogens is 386 g/mol. The van der Waals surface area contributed by atoms with E-state index in [4.69, 9.17) is 14.2 Å². The van der Waals surface area contributed by atoms with Crippen LogP contribution in [0.1, 0.15) is 27.7 Å². The van der Waals surface area contributed by atoms with Crippen molar-refractivity contribution >= 4 is 23.3 Å². The molecule has 1 aromatic carbocycles. The minimum atomic E-state index is -0.726. The monoisotopic (exact) mass is 419 g/mol. The van der Waals surface area contributed by atoms with E-state index >= 15 is 0 Å². The summed E-state index contributed by atoms with van der Waals surface area (Å²) in [5, 5.41) is 3.00. The van der Waals surface area contributed by atoms with E-state index in [1.807, 2.05) is 32.0 Å². The van der Waals surface area contributed by atoms with Gasteiger partial charge in [0.05, 0.1) is 25.0 Å². The first-order valence-corrected chi connectivity index (χ1v) is 10.4. The molecule has 1 aliphatic heterocycles. The van der Waals surface area contributed by atoms with Crippen LogP contribution in [0.5, 0.6) is 5.75 Å². The van der Waals surface area contributed by atoms with Gasteiger partial charge in [-0.05, 0) is 46.9 Å². The van der Waals surface area contributed by atoms with E-state index in [1.54, 1.807) is 13.8 Å². The van der Waals surface area contributed by atoms with Crippen LogP contribution in [-0.2, 0) is 19.1 Å². The summed E-state index contributed by atoms with van der Waals surface area (Å²) < 4.78 is 16.0. The van der Waals surface area contributed by atoms with E-state index in [0.29, 0.717) is 5.69 Å². The van der Waals surface area contributed by atoms with Crippen molar-refractivity contribution < 1.29 is 23.8 Å². The molecule has 8 heteroatoms. The maximum atomic E-state index is 12.1. The number of carbonyl (C=O) groups is 2. The number of benzene rings is 1. The zero-order chi connectivity index (χ0) is 22.1. The summed E-state index contributed by atoms with van der Waals surface area (Å²) in [5.41, 5.74) is 1.53. The summed E-state index contributed by atoms with van der Waals surface area (Å²) in [6.07, 6.45) is 1.33. The van der Waals surface area contributed by atoms with E-state index in [-0.39, 0.29) is 24.9 Å². The second-order valence-electron chi connectivity index (χ2n) is 7.28. The van der Waals surface area contributed by atoms with Crippen molar-refractivity contribution in [3.63, 3.8) is 0 Å². The van der Waals surface area contributed by atoms with Crippen LogP contribution in [0.2, 0.25) is 0 Å². The van der Waals surface area contributed by atoms with Crippen LogP contribution in [0.3, 0.4) is 0 Å². The molecule has 1 saturated heterocycles. The second kappa shape index (κ2) is 11.4. The Morgan fingerprint density at radius 2 is 1.67 bits per heavy atom. The van der Waals surface area contributed by atoms with Crippen molar-refractivity contribution in [2.24, 2.45) is 0 Å². The van der Waals surface area contributed by atoms with Crippen molar-refractivity contribution in [2.45, 2.75) is 33.8 Å². The first kappa shape index (κ1) is 23.5. The Morgan fingerprint density at radius 1 is 1.07 bits per heavy atom. The Hall–Kier alpha value is -2.74. The van der Waals surface area contributed by atoms with Crippen molar-refractivity contribution in [3.05, 3.63) is 30.0 Å². The van der Waals surface area contributed by atoms with Gasteiger partial charge in [-0.2, -0.15) is 0 Å².